The van der Waals surface area contributed by atoms with E-state index in [1.807, 2.05) is 30.3 Å². The normalized spacial score (nSPS) is 16.7. The number of phenols is 2. The van der Waals surface area contributed by atoms with Crippen molar-refractivity contribution in [3.8, 4) is 11.5 Å². The molecule has 0 aliphatic carbocycles. The van der Waals surface area contributed by atoms with Gasteiger partial charge in [0.2, 0.25) is 0 Å². The van der Waals surface area contributed by atoms with Crippen LogP contribution in [0.1, 0.15) is 28.8 Å². The first-order chi connectivity index (χ1) is 11.1. The maximum atomic E-state index is 12.6. The molecule has 1 heterocycles. The van der Waals surface area contributed by atoms with Crippen molar-refractivity contribution in [2.24, 2.45) is 0 Å². The molecular formula is C18H19NO4. The molecule has 0 bridgehead atoms. The standard InChI is InChI=1S/C18H19NO4/c20-14-7-4-8-15(21)16(14)17(22)23-18(9-11-19-12-10-18)13-5-2-1-3-6-13/h1-8,19-21H,9-12H2. The van der Waals surface area contributed by atoms with Gasteiger partial charge in [-0.3, -0.25) is 0 Å². The summed E-state index contributed by atoms with van der Waals surface area (Å²) in [7, 11) is 0. The second kappa shape index (κ2) is 6.30. The van der Waals surface area contributed by atoms with Gasteiger partial charge in [-0.25, -0.2) is 4.79 Å². The number of esters is 1. The molecule has 3 rings (SSSR count). The second-order valence-corrected chi connectivity index (χ2v) is 5.67. The fourth-order valence-electron chi connectivity index (χ4n) is 2.99. The maximum Gasteiger partial charge on any atom is 0.346 e. The molecular weight excluding hydrogens is 294 g/mol. The zero-order valence-electron chi connectivity index (χ0n) is 12.7. The van der Waals surface area contributed by atoms with Gasteiger partial charge in [0.05, 0.1) is 0 Å². The van der Waals surface area contributed by atoms with Gasteiger partial charge in [-0.2, -0.15) is 0 Å². The van der Waals surface area contributed by atoms with E-state index >= 15 is 0 Å². The van der Waals surface area contributed by atoms with E-state index in [-0.39, 0.29) is 17.1 Å². The molecule has 0 atom stereocenters. The van der Waals surface area contributed by atoms with Gasteiger partial charge in [-0.15, -0.1) is 0 Å². The summed E-state index contributed by atoms with van der Waals surface area (Å²) >= 11 is 0. The predicted molar refractivity (Wildman–Crippen MR) is 85.4 cm³/mol. The van der Waals surface area contributed by atoms with E-state index in [4.69, 9.17) is 4.74 Å². The molecule has 0 aromatic heterocycles. The van der Waals surface area contributed by atoms with Crippen LogP contribution in [0.15, 0.2) is 48.5 Å². The number of hydrogen-bond acceptors (Lipinski definition) is 5. The lowest BCUT2D eigenvalue weighted by atomic mass is 9.84. The van der Waals surface area contributed by atoms with Crippen LogP contribution < -0.4 is 5.32 Å². The minimum absolute atomic E-state index is 0.193. The van der Waals surface area contributed by atoms with E-state index in [0.717, 1.165) is 18.7 Å². The molecule has 2 aromatic carbocycles. The lowest BCUT2D eigenvalue weighted by Crippen LogP contribution is -2.43. The summed E-state index contributed by atoms with van der Waals surface area (Å²) in [5.74, 6) is -1.29. The summed E-state index contributed by atoms with van der Waals surface area (Å²) < 4.78 is 5.81. The third-order valence-corrected chi connectivity index (χ3v) is 4.22. The number of piperidine rings is 1. The molecule has 0 spiro atoms. The van der Waals surface area contributed by atoms with Gasteiger partial charge in [-0.05, 0) is 30.8 Å². The molecule has 0 radical (unpaired) electrons. The minimum Gasteiger partial charge on any atom is -0.507 e. The lowest BCUT2D eigenvalue weighted by Gasteiger charge is -2.37. The Morgan fingerprint density at radius 1 is 0.957 bits per heavy atom. The number of ether oxygens (including phenoxy) is 1. The van der Waals surface area contributed by atoms with Crippen LogP contribution in [-0.2, 0) is 10.3 Å². The summed E-state index contributed by atoms with van der Waals surface area (Å²) in [6.45, 7) is 1.46. The number of phenolic OH excluding ortho intramolecular Hbond substituents is 2. The highest BCUT2D eigenvalue weighted by Crippen LogP contribution is 2.37. The summed E-state index contributed by atoms with van der Waals surface area (Å²) in [5, 5.41) is 23.0. The van der Waals surface area contributed by atoms with Crippen molar-refractivity contribution in [3.63, 3.8) is 0 Å². The van der Waals surface area contributed by atoms with Gasteiger partial charge in [0, 0.05) is 12.8 Å². The number of aromatic hydroxyl groups is 2. The van der Waals surface area contributed by atoms with Crippen molar-refractivity contribution in [1.82, 2.24) is 5.32 Å². The Balaban J connectivity index is 1.95. The quantitative estimate of drug-likeness (QED) is 0.759. The van der Waals surface area contributed by atoms with Crippen molar-refractivity contribution >= 4 is 5.97 Å². The molecule has 2 aromatic rings. The summed E-state index contributed by atoms with van der Waals surface area (Å²) in [4.78, 5) is 12.6. The predicted octanol–water partition coefficient (Wildman–Crippen LogP) is 2.53. The summed E-state index contributed by atoms with van der Waals surface area (Å²) in [6.07, 6.45) is 1.27. The molecule has 3 N–H and O–H groups in total. The fraction of sp³-hybridized carbons (Fsp3) is 0.278. The Morgan fingerprint density at radius 2 is 1.57 bits per heavy atom. The molecule has 1 aliphatic heterocycles. The van der Waals surface area contributed by atoms with Crippen molar-refractivity contribution in [1.29, 1.82) is 0 Å². The molecule has 120 valence electrons. The van der Waals surface area contributed by atoms with Gasteiger partial charge in [0.1, 0.15) is 22.7 Å². The SMILES string of the molecule is O=C(OC1(c2ccccc2)CCNCC1)c1c(O)cccc1O. The highest BCUT2D eigenvalue weighted by Gasteiger charge is 2.39. The topological polar surface area (TPSA) is 78.8 Å². The van der Waals surface area contributed by atoms with Crippen LogP contribution >= 0.6 is 0 Å². The maximum absolute atomic E-state index is 12.6. The van der Waals surface area contributed by atoms with Crippen LogP contribution in [0, 0.1) is 0 Å². The molecule has 1 fully saturated rings. The van der Waals surface area contributed by atoms with E-state index in [1.165, 1.54) is 18.2 Å². The molecule has 0 saturated carbocycles. The summed E-state index contributed by atoms with van der Waals surface area (Å²) in [5.41, 5.74) is -0.0238. The third-order valence-electron chi connectivity index (χ3n) is 4.22. The van der Waals surface area contributed by atoms with Crippen LogP contribution in [0.3, 0.4) is 0 Å². The van der Waals surface area contributed by atoms with Crippen LogP contribution in [0.5, 0.6) is 11.5 Å². The monoisotopic (exact) mass is 313 g/mol. The number of carbonyl (C=O) groups excluding carboxylic acids is 1. The largest absolute Gasteiger partial charge is 0.507 e. The molecule has 0 amide bonds. The van der Waals surface area contributed by atoms with Crippen LogP contribution in [0.2, 0.25) is 0 Å². The minimum atomic E-state index is -0.752. The van der Waals surface area contributed by atoms with E-state index in [1.54, 1.807) is 0 Å². The first-order valence-electron chi connectivity index (χ1n) is 7.63. The van der Waals surface area contributed by atoms with E-state index in [2.05, 4.69) is 5.32 Å². The molecule has 0 unspecified atom stereocenters. The van der Waals surface area contributed by atoms with Gasteiger partial charge in [0.25, 0.3) is 0 Å². The Bertz CT molecular complexity index is 673. The highest BCUT2D eigenvalue weighted by atomic mass is 16.6. The third kappa shape index (κ3) is 3.00. The smallest absolute Gasteiger partial charge is 0.346 e. The highest BCUT2D eigenvalue weighted by molar-refractivity contribution is 5.95. The van der Waals surface area contributed by atoms with Gasteiger partial charge < -0.3 is 20.3 Å². The molecule has 23 heavy (non-hydrogen) atoms. The van der Waals surface area contributed by atoms with Crippen molar-refractivity contribution < 1.29 is 19.7 Å². The van der Waals surface area contributed by atoms with E-state index in [0.29, 0.717) is 12.8 Å². The average Bonchev–Trinajstić information content (AvgIpc) is 2.56. The second-order valence-electron chi connectivity index (χ2n) is 5.67. The molecule has 1 aliphatic rings. The van der Waals surface area contributed by atoms with Crippen LogP contribution in [0.25, 0.3) is 0 Å². The fourth-order valence-corrected chi connectivity index (χ4v) is 2.99. The molecule has 5 heteroatoms. The zero-order valence-corrected chi connectivity index (χ0v) is 12.7. The number of rotatable bonds is 3. The number of nitrogens with one attached hydrogen (secondary N) is 1. The number of hydrogen-bond donors (Lipinski definition) is 3. The van der Waals surface area contributed by atoms with Crippen LogP contribution in [-0.4, -0.2) is 29.3 Å². The Labute approximate surface area is 134 Å². The summed E-state index contributed by atoms with van der Waals surface area (Å²) in [6, 6.07) is 13.8. The first kappa shape index (κ1) is 15.4. The zero-order chi connectivity index (χ0) is 16.3. The first-order valence-corrected chi connectivity index (χ1v) is 7.63. The molecule has 5 nitrogen and oxygen atoms in total. The lowest BCUT2D eigenvalue weighted by molar-refractivity contribution is -0.0382. The average molecular weight is 313 g/mol. The van der Waals surface area contributed by atoms with E-state index < -0.39 is 11.6 Å². The Hall–Kier alpha value is -2.53. The van der Waals surface area contributed by atoms with Crippen molar-refractivity contribution in [3.05, 3.63) is 59.7 Å². The molecule has 1 saturated heterocycles. The van der Waals surface area contributed by atoms with E-state index in [9.17, 15) is 15.0 Å². The number of benzene rings is 2. The van der Waals surface area contributed by atoms with Crippen LogP contribution in [0.4, 0.5) is 0 Å². The van der Waals surface area contributed by atoms with Crippen molar-refractivity contribution in [2.75, 3.05) is 13.1 Å². The van der Waals surface area contributed by atoms with Crippen molar-refractivity contribution in [2.45, 2.75) is 18.4 Å². The van der Waals surface area contributed by atoms with Gasteiger partial charge in [-0.1, -0.05) is 36.4 Å². The number of carbonyl (C=O) groups is 1. The van der Waals surface area contributed by atoms with Gasteiger partial charge >= 0.3 is 5.97 Å². The van der Waals surface area contributed by atoms with Gasteiger partial charge in [0.15, 0.2) is 0 Å². The Morgan fingerprint density at radius 3 is 2.17 bits per heavy atom. The Kier molecular flexibility index (Phi) is 4.21.